The summed E-state index contributed by atoms with van der Waals surface area (Å²) in [7, 11) is 0. The van der Waals surface area contributed by atoms with Gasteiger partial charge in [0.1, 0.15) is 0 Å². The highest BCUT2D eigenvalue weighted by molar-refractivity contribution is 7.09. The first kappa shape index (κ1) is 13.0. The van der Waals surface area contributed by atoms with Gasteiger partial charge in [-0.1, -0.05) is 12.8 Å². The van der Waals surface area contributed by atoms with Crippen molar-refractivity contribution in [3.8, 4) is 0 Å². The van der Waals surface area contributed by atoms with Crippen LogP contribution in [0.25, 0.3) is 0 Å². The Kier molecular flexibility index (Phi) is 4.54. The zero-order chi connectivity index (χ0) is 12.3. The molecule has 1 heterocycles. The van der Waals surface area contributed by atoms with Gasteiger partial charge in [-0.15, -0.1) is 11.3 Å². The van der Waals surface area contributed by atoms with Gasteiger partial charge in [-0.05, 0) is 32.6 Å². The number of thiazole rings is 1. The van der Waals surface area contributed by atoms with Gasteiger partial charge in [0.15, 0.2) is 0 Å². The third kappa shape index (κ3) is 3.06. The number of aliphatic hydroxyl groups excluding tert-OH is 1. The standard InChI is InChI=1S/C13H22N2OS/c1-9-13(17-8-14-9)10(2)15-12-6-4-3-5-11(12)7-16/h8,10-12,15-16H,3-7H2,1-2H3. The van der Waals surface area contributed by atoms with Crippen LogP contribution in [0.2, 0.25) is 0 Å². The molecule has 1 aromatic rings. The largest absolute Gasteiger partial charge is 0.396 e. The lowest BCUT2D eigenvalue weighted by atomic mass is 9.84. The van der Waals surface area contributed by atoms with E-state index in [1.165, 1.54) is 24.1 Å². The molecule has 0 spiro atoms. The van der Waals surface area contributed by atoms with Crippen molar-refractivity contribution < 1.29 is 5.11 Å². The SMILES string of the molecule is Cc1ncsc1C(C)NC1CCCCC1CO. The zero-order valence-electron chi connectivity index (χ0n) is 10.6. The molecule has 0 amide bonds. The van der Waals surface area contributed by atoms with E-state index >= 15 is 0 Å². The van der Waals surface area contributed by atoms with Crippen LogP contribution in [0, 0.1) is 12.8 Å². The predicted molar refractivity (Wildman–Crippen MR) is 71.2 cm³/mol. The fraction of sp³-hybridized carbons (Fsp3) is 0.769. The van der Waals surface area contributed by atoms with Crippen molar-refractivity contribution in [2.75, 3.05) is 6.61 Å². The number of hydrogen-bond acceptors (Lipinski definition) is 4. The minimum Gasteiger partial charge on any atom is -0.396 e. The minimum absolute atomic E-state index is 0.312. The summed E-state index contributed by atoms with van der Waals surface area (Å²) >= 11 is 1.72. The molecule has 0 aromatic carbocycles. The Morgan fingerprint density at radius 3 is 2.94 bits per heavy atom. The van der Waals surface area contributed by atoms with Gasteiger partial charge in [0.05, 0.1) is 11.2 Å². The number of nitrogens with one attached hydrogen (secondary N) is 1. The summed E-state index contributed by atoms with van der Waals surface area (Å²) in [5.41, 5.74) is 3.04. The van der Waals surface area contributed by atoms with E-state index in [9.17, 15) is 5.11 Å². The second kappa shape index (κ2) is 5.94. The van der Waals surface area contributed by atoms with Crippen LogP contribution < -0.4 is 5.32 Å². The fourth-order valence-electron chi connectivity index (χ4n) is 2.77. The molecule has 4 heteroatoms. The van der Waals surface area contributed by atoms with E-state index in [2.05, 4.69) is 24.1 Å². The van der Waals surface area contributed by atoms with Crippen LogP contribution in [0.1, 0.15) is 49.2 Å². The second-order valence-corrected chi connectivity index (χ2v) is 5.91. The smallest absolute Gasteiger partial charge is 0.0798 e. The first-order valence-corrected chi connectivity index (χ1v) is 7.37. The molecule has 3 unspecified atom stereocenters. The molecule has 3 nitrogen and oxygen atoms in total. The third-order valence-electron chi connectivity index (χ3n) is 3.78. The Morgan fingerprint density at radius 2 is 2.29 bits per heavy atom. The molecular weight excluding hydrogens is 232 g/mol. The maximum atomic E-state index is 9.41. The van der Waals surface area contributed by atoms with Crippen LogP contribution in [0.3, 0.4) is 0 Å². The Hall–Kier alpha value is -0.450. The Labute approximate surface area is 107 Å². The van der Waals surface area contributed by atoms with Gasteiger partial charge in [0.2, 0.25) is 0 Å². The molecule has 3 atom stereocenters. The molecule has 96 valence electrons. The maximum Gasteiger partial charge on any atom is 0.0798 e. The lowest BCUT2D eigenvalue weighted by molar-refractivity contribution is 0.147. The molecular formula is C13H22N2OS. The number of rotatable bonds is 4. The molecule has 0 bridgehead atoms. The Balaban J connectivity index is 1.97. The molecule has 2 rings (SSSR count). The Bertz CT molecular complexity index is 353. The molecule has 17 heavy (non-hydrogen) atoms. The third-order valence-corrected chi connectivity index (χ3v) is 4.90. The van der Waals surface area contributed by atoms with Crippen molar-refractivity contribution in [2.45, 2.75) is 51.6 Å². The average molecular weight is 254 g/mol. The van der Waals surface area contributed by atoms with Crippen LogP contribution in [0.15, 0.2) is 5.51 Å². The topological polar surface area (TPSA) is 45.2 Å². The van der Waals surface area contributed by atoms with Crippen molar-refractivity contribution in [3.63, 3.8) is 0 Å². The van der Waals surface area contributed by atoms with E-state index in [0.29, 0.717) is 24.6 Å². The molecule has 1 aliphatic carbocycles. The summed E-state index contributed by atoms with van der Waals surface area (Å²) in [5.74, 6) is 0.430. The molecule has 0 saturated heterocycles. The number of aliphatic hydroxyl groups is 1. The van der Waals surface area contributed by atoms with Gasteiger partial charge >= 0.3 is 0 Å². The number of aromatic nitrogens is 1. The zero-order valence-corrected chi connectivity index (χ0v) is 11.5. The molecule has 0 radical (unpaired) electrons. The van der Waals surface area contributed by atoms with E-state index in [1.54, 1.807) is 11.3 Å². The van der Waals surface area contributed by atoms with Crippen molar-refractivity contribution in [1.29, 1.82) is 0 Å². The van der Waals surface area contributed by atoms with Crippen LogP contribution in [-0.2, 0) is 0 Å². The summed E-state index contributed by atoms with van der Waals surface area (Å²) in [4.78, 5) is 5.63. The van der Waals surface area contributed by atoms with Crippen LogP contribution >= 0.6 is 11.3 Å². The predicted octanol–water partition coefficient (Wildman–Crippen LogP) is 2.65. The van der Waals surface area contributed by atoms with E-state index in [1.807, 2.05) is 5.51 Å². The summed E-state index contributed by atoms with van der Waals surface area (Å²) in [6, 6.07) is 0.810. The molecule has 1 saturated carbocycles. The van der Waals surface area contributed by atoms with Gasteiger partial charge in [0, 0.05) is 23.6 Å². The van der Waals surface area contributed by atoms with E-state index < -0.39 is 0 Å². The van der Waals surface area contributed by atoms with E-state index in [-0.39, 0.29) is 0 Å². The van der Waals surface area contributed by atoms with Gasteiger partial charge in [-0.25, -0.2) is 4.98 Å². The number of aryl methyl sites for hydroxylation is 1. The fourth-order valence-corrected chi connectivity index (χ4v) is 3.59. The van der Waals surface area contributed by atoms with E-state index in [0.717, 1.165) is 12.1 Å². The quantitative estimate of drug-likeness (QED) is 0.868. The van der Waals surface area contributed by atoms with Crippen molar-refractivity contribution in [3.05, 3.63) is 16.1 Å². The summed E-state index contributed by atoms with van der Waals surface area (Å²) in [5, 5.41) is 13.1. The molecule has 1 aromatic heterocycles. The lowest BCUT2D eigenvalue weighted by Crippen LogP contribution is -2.41. The first-order valence-electron chi connectivity index (χ1n) is 6.49. The summed E-state index contributed by atoms with van der Waals surface area (Å²) < 4.78 is 0. The number of nitrogens with zero attached hydrogens (tertiary/aromatic N) is 1. The van der Waals surface area contributed by atoms with Crippen LogP contribution in [-0.4, -0.2) is 22.7 Å². The Morgan fingerprint density at radius 1 is 1.53 bits per heavy atom. The molecule has 1 fully saturated rings. The monoisotopic (exact) mass is 254 g/mol. The summed E-state index contributed by atoms with van der Waals surface area (Å²) in [6.07, 6.45) is 4.88. The van der Waals surface area contributed by atoms with Crippen molar-refractivity contribution in [2.24, 2.45) is 5.92 Å². The minimum atomic E-state index is 0.312. The summed E-state index contributed by atoms with van der Waals surface area (Å²) in [6.45, 7) is 4.57. The average Bonchev–Trinajstić information content (AvgIpc) is 2.76. The first-order chi connectivity index (χ1) is 8.22. The highest BCUT2D eigenvalue weighted by atomic mass is 32.1. The normalized spacial score (nSPS) is 27.0. The van der Waals surface area contributed by atoms with E-state index in [4.69, 9.17) is 0 Å². The highest BCUT2D eigenvalue weighted by Crippen LogP contribution is 2.28. The van der Waals surface area contributed by atoms with Crippen LogP contribution in [0.4, 0.5) is 0 Å². The van der Waals surface area contributed by atoms with Gasteiger partial charge in [-0.2, -0.15) is 0 Å². The van der Waals surface area contributed by atoms with Gasteiger partial charge in [0.25, 0.3) is 0 Å². The van der Waals surface area contributed by atoms with Crippen LogP contribution in [0.5, 0.6) is 0 Å². The number of hydrogen-bond donors (Lipinski definition) is 2. The molecule has 0 aliphatic heterocycles. The second-order valence-electron chi connectivity index (χ2n) is 5.02. The van der Waals surface area contributed by atoms with Crippen molar-refractivity contribution in [1.82, 2.24) is 10.3 Å². The maximum absolute atomic E-state index is 9.41. The van der Waals surface area contributed by atoms with Crippen molar-refractivity contribution >= 4 is 11.3 Å². The van der Waals surface area contributed by atoms with Gasteiger partial charge in [-0.3, -0.25) is 0 Å². The molecule has 1 aliphatic rings. The van der Waals surface area contributed by atoms with Gasteiger partial charge < -0.3 is 10.4 Å². The highest BCUT2D eigenvalue weighted by Gasteiger charge is 2.26. The lowest BCUT2D eigenvalue weighted by Gasteiger charge is -2.33. The molecule has 2 N–H and O–H groups in total.